The maximum absolute atomic E-state index is 12.9. The predicted octanol–water partition coefficient (Wildman–Crippen LogP) is 5.36. The van der Waals surface area contributed by atoms with Crippen LogP contribution in [-0.2, 0) is 5.60 Å². The first-order valence-corrected chi connectivity index (χ1v) is 12.6. The Hall–Kier alpha value is -2.48. The Morgan fingerprint density at radius 2 is 1.71 bits per heavy atom. The number of aliphatic hydroxyl groups is 1. The Bertz CT molecular complexity index is 965. The number of benzene rings is 2. The molecule has 1 saturated heterocycles. The van der Waals surface area contributed by atoms with Gasteiger partial charge in [-0.25, -0.2) is 4.79 Å². The minimum atomic E-state index is -0.956. The summed E-state index contributed by atoms with van der Waals surface area (Å²) in [5, 5.41) is 14.7. The fourth-order valence-corrected chi connectivity index (χ4v) is 4.70. The highest BCUT2D eigenvalue weighted by Crippen LogP contribution is 2.34. The number of carbonyl (C=O) groups is 1. The van der Waals surface area contributed by atoms with Gasteiger partial charge in [0.25, 0.3) is 0 Å². The summed E-state index contributed by atoms with van der Waals surface area (Å²) in [5.74, 6) is 1.21. The SMILES string of the molecule is COc1ccc(NC(=O)N2CCC(O)(c3ccc(Cl)cc3)CC2)cc1OCCN(C(C)C)C(C)C. The van der Waals surface area contributed by atoms with E-state index >= 15 is 0 Å². The van der Waals surface area contributed by atoms with Gasteiger partial charge in [-0.1, -0.05) is 23.7 Å². The number of nitrogens with zero attached hydrogens (tertiary/aromatic N) is 2. The molecule has 1 aliphatic rings. The Morgan fingerprint density at radius 1 is 1.09 bits per heavy atom. The lowest BCUT2D eigenvalue weighted by Crippen LogP contribution is -2.46. The Labute approximate surface area is 214 Å². The van der Waals surface area contributed by atoms with Crippen LogP contribution in [0, 0.1) is 0 Å². The van der Waals surface area contributed by atoms with Crippen molar-refractivity contribution < 1.29 is 19.4 Å². The molecule has 7 nitrogen and oxygen atoms in total. The van der Waals surface area contributed by atoms with Crippen molar-refractivity contribution in [3.63, 3.8) is 0 Å². The molecule has 0 unspecified atom stereocenters. The number of anilines is 1. The third-order valence-corrected chi connectivity index (χ3v) is 6.86. The number of rotatable bonds is 9. The largest absolute Gasteiger partial charge is 0.493 e. The second-order valence-corrected chi connectivity index (χ2v) is 10.0. The van der Waals surface area contributed by atoms with Crippen LogP contribution < -0.4 is 14.8 Å². The zero-order valence-electron chi connectivity index (χ0n) is 21.4. The van der Waals surface area contributed by atoms with Crippen LogP contribution in [0.15, 0.2) is 42.5 Å². The van der Waals surface area contributed by atoms with E-state index in [4.69, 9.17) is 21.1 Å². The maximum atomic E-state index is 12.9. The van der Waals surface area contributed by atoms with Crippen LogP contribution >= 0.6 is 11.6 Å². The number of amides is 2. The molecule has 1 aliphatic heterocycles. The number of halogens is 1. The van der Waals surface area contributed by atoms with E-state index < -0.39 is 5.60 Å². The predicted molar refractivity (Wildman–Crippen MR) is 141 cm³/mol. The summed E-state index contributed by atoms with van der Waals surface area (Å²) in [6.45, 7) is 10.9. The van der Waals surface area contributed by atoms with Gasteiger partial charge in [-0.05, 0) is 70.4 Å². The van der Waals surface area contributed by atoms with Crippen molar-refractivity contribution in [3.8, 4) is 11.5 Å². The van der Waals surface area contributed by atoms with Crippen LogP contribution in [0.4, 0.5) is 10.5 Å². The molecule has 3 rings (SSSR count). The lowest BCUT2D eigenvalue weighted by atomic mass is 9.84. The average Bonchev–Trinajstić information content (AvgIpc) is 2.82. The van der Waals surface area contributed by atoms with Crippen molar-refractivity contribution in [2.45, 2.75) is 58.2 Å². The molecule has 2 aromatic rings. The van der Waals surface area contributed by atoms with Crippen molar-refractivity contribution >= 4 is 23.3 Å². The Morgan fingerprint density at radius 3 is 2.29 bits per heavy atom. The minimum Gasteiger partial charge on any atom is -0.493 e. The van der Waals surface area contributed by atoms with Gasteiger partial charge < -0.3 is 24.8 Å². The summed E-state index contributed by atoms with van der Waals surface area (Å²) in [6.07, 6.45) is 0.919. The third-order valence-electron chi connectivity index (χ3n) is 6.61. The number of ether oxygens (including phenoxy) is 2. The van der Waals surface area contributed by atoms with Gasteiger partial charge in [0.05, 0.1) is 12.7 Å². The number of nitrogens with one attached hydrogen (secondary N) is 1. The molecule has 35 heavy (non-hydrogen) atoms. The number of methoxy groups -OCH3 is 1. The molecule has 0 atom stereocenters. The van der Waals surface area contributed by atoms with Crippen molar-refractivity contribution in [3.05, 3.63) is 53.1 Å². The maximum Gasteiger partial charge on any atom is 0.321 e. The van der Waals surface area contributed by atoms with E-state index in [1.54, 1.807) is 42.3 Å². The molecule has 0 aliphatic carbocycles. The minimum absolute atomic E-state index is 0.204. The fourth-order valence-electron chi connectivity index (χ4n) is 4.57. The van der Waals surface area contributed by atoms with Gasteiger partial charge in [-0.3, -0.25) is 4.90 Å². The van der Waals surface area contributed by atoms with Crippen LogP contribution in [-0.4, -0.2) is 66.4 Å². The monoisotopic (exact) mass is 503 g/mol. The van der Waals surface area contributed by atoms with E-state index in [2.05, 4.69) is 37.9 Å². The standard InChI is InChI=1S/C27H38ClN3O4/c1-19(2)31(20(3)4)16-17-35-25-18-23(10-11-24(25)34-5)29-26(32)30-14-12-27(33,13-15-30)21-6-8-22(28)9-7-21/h6-11,18-20,33H,12-17H2,1-5H3,(H,29,32). The van der Waals surface area contributed by atoms with Gasteiger partial charge in [0, 0.05) is 48.5 Å². The van der Waals surface area contributed by atoms with Gasteiger partial charge in [0.15, 0.2) is 11.5 Å². The zero-order chi connectivity index (χ0) is 25.6. The molecule has 192 valence electrons. The summed E-state index contributed by atoms with van der Waals surface area (Å²) in [5.41, 5.74) is 0.504. The first-order valence-electron chi connectivity index (χ1n) is 12.2. The Balaban J connectivity index is 1.59. The zero-order valence-corrected chi connectivity index (χ0v) is 22.1. The van der Waals surface area contributed by atoms with Gasteiger partial charge in [0.1, 0.15) is 6.61 Å². The number of hydrogen-bond donors (Lipinski definition) is 2. The molecule has 2 N–H and O–H groups in total. The van der Waals surface area contributed by atoms with Gasteiger partial charge in [-0.15, -0.1) is 0 Å². The molecular weight excluding hydrogens is 466 g/mol. The van der Waals surface area contributed by atoms with E-state index in [9.17, 15) is 9.90 Å². The smallest absolute Gasteiger partial charge is 0.321 e. The molecule has 0 radical (unpaired) electrons. The van der Waals surface area contributed by atoms with Crippen molar-refractivity contribution in [2.24, 2.45) is 0 Å². The summed E-state index contributed by atoms with van der Waals surface area (Å²) < 4.78 is 11.5. The molecular formula is C27H38ClN3O4. The number of urea groups is 1. The summed E-state index contributed by atoms with van der Waals surface area (Å²) >= 11 is 5.97. The van der Waals surface area contributed by atoms with Crippen LogP contribution in [0.1, 0.15) is 46.1 Å². The molecule has 0 spiro atoms. The molecule has 2 amide bonds. The quantitative estimate of drug-likeness (QED) is 0.481. The average molecular weight is 504 g/mol. The topological polar surface area (TPSA) is 74.3 Å². The second-order valence-electron chi connectivity index (χ2n) is 9.60. The van der Waals surface area contributed by atoms with Crippen molar-refractivity contribution in [1.29, 1.82) is 0 Å². The van der Waals surface area contributed by atoms with E-state index in [1.807, 2.05) is 12.1 Å². The van der Waals surface area contributed by atoms with Crippen molar-refractivity contribution in [2.75, 3.05) is 38.7 Å². The van der Waals surface area contributed by atoms with Gasteiger partial charge >= 0.3 is 6.03 Å². The number of carbonyl (C=O) groups excluding carboxylic acids is 1. The van der Waals surface area contributed by atoms with E-state index in [-0.39, 0.29) is 6.03 Å². The summed E-state index contributed by atoms with van der Waals surface area (Å²) in [4.78, 5) is 17.0. The fraction of sp³-hybridized carbons (Fsp3) is 0.519. The first kappa shape index (κ1) is 27.1. The summed E-state index contributed by atoms with van der Waals surface area (Å²) in [7, 11) is 1.60. The normalized spacial score (nSPS) is 15.5. The molecule has 2 aromatic carbocycles. The van der Waals surface area contributed by atoms with Crippen LogP contribution in [0.25, 0.3) is 0 Å². The van der Waals surface area contributed by atoms with Crippen LogP contribution in [0.3, 0.4) is 0 Å². The van der Waals surface area contributed by atoms with Crippen LogP contribution in [0.5, 0.6) is 11.5 Å². The molecule has 1 fully saturated rings. The third kappa shape index (κ3) is 7.03. The molecule has 0 saturated carbocycles. The lowest BCUT2D eigenvalue weighted by molar-refractivity contribution is -0.0156. The van der Waals surface area contributed by atoms with E-state index in [0.29, 0.717) is 66.8 Å². The number of likely N-dealkylation sites (tertiary alicyclic amines) is 1. The number of hydrogen-bond acceptors (Lipinski definition) is 5. The lowest BCUT2D eigenvalue weighted by Gasteiger charge is -2.38. The van der Waals surface area contributed by atoms with E-state index in [1.165, 1.54) is 0 Å². The molecule has 0 bridgehead atoms. The molecule has 1 heterocycles. The van der Waals surface area contributed by atoms with Crippen molar-refractivity contribution in [1.82, 2.24) is 9.80 Å². The Kier molecular flexibility index (Phi) is 9.27. The van der Waals surface area contributed by atoms with Gasteiger partial charge in [0.2, 0.25) is 0 Å². The highest BCUT2D eigenvalue weighted by atomic mass is 35.5. The second kappa shape index (κ2) is 12.0. The first-order chi connectivity index (χ1) is 16.6. The number of piperidine rings is 1. The highest BCUT2D eigenvalue weighted by molar-refractivity contribution is 6.30. The highest BCUT2D eigenvalue weighted by Gasteiger charge is 2.35. The van der Waals surface area contributed by atoms with Gasteiger partial charge in [-0.2, -0.15) is 0 Å². The van der Waals surface area contributed by atoms with E-state index in [0.717, 1.165) is 12.1 Å². The summed E-state index contributed by atoms with van der Waals surface area (Å²) in [6, 6.07) is 13.3. The van der Waals surface area contributed by atoms with Crippen LogP contribution in [0.2, 0.25) is 5.02 Å². The molecule has 0 aromatic heterocycles. The molecule has 8 heteroatoms.